The van der Waals surface area contributed by atoms with Gasteiger partial charge in [0.15, 0.2) is 22.5 Å². The van der Waals surface area contributed by atoms with E-state index in [-0.39, 0.29) is 11.7 Å². The summed E-state index contributed by atoms with van der Waals surface area (Å²) >= 11 is 1.25. The van der Waals surface area contributed by atoms with Crippen LogP contribution in [0.1, 0.15) is 5.56 Å². The Morgan fingerprint density at radius 2 is 1.70 bits per heavy atom. The molecule has 0 fully saturated rings. The Labute approximate surface area is 235 Å². The van der Waals surface area contributed by atoms with E-state index >= 15 is 0 Å². The minimum atomic E-state index is -0.286. The Kier molecular flexibility index (Phi) is 8.21. The van der Waals surface area contributed by atoms with Crippen LogP contribution in [-0.4, -0.2) is 59.0 Å². The van der Waals surface area contributed by atoms with Crippen molar-refractivity contribution in [3.63, 3.8) is 0 Å². The summed E-state index contributed by atoms with van der Waals surface area (Å²) < 4.78 is 18.4. The number of carbonyl (C=O) groups is 1. The van der Waals surface area contributed by atoms with E-state index in [1.54, 1.807) is 33.7 Å². The summed E-state index contributed by atoms with van der Waals surface area (Å²) in [5.41, 5.74) is 5.74. The van der Waals surface area contributed by atoms with Crippen LogP contribution in [0, 0.1) is 0 Å². The standard InChI is InChI=1S/C29H26N6O4S/c1-37-23-15-21(16-24(38-2)27(23)39-3)28-33-34-29(35(28)22-12-5-4-6-13-22)40-18-25(36)32-31-17-20-10-7-9-19-11-8-14-30-26(19)20/h4-17H,18H2,1-3H3,(H,32,36)/b31-17-. The maximum atomic E-state index is 12.7. The van der Waals surface area contributed by atoms with Crippen LogP contribution in [0.15, 0.2) is 89.3 Å². The summed E-state index contributed by atoms with van der Waals surface area (Å²) in [6.45, 7) is 0. The largest absolute Gasteiger partial charge is 0.493 e. The van der Waals surface area contributed by atoms with Crippen molar-refractivity contribution in [2.24, 2.45) is 5.10 Å². The van der Waals surface area contributed by atoms with Gasteiger partial charge in [0.05, 0.1) is 38.8 Å². The number of amides is 1. The molecule has 2 aromatic heterocycles. The number of fused-ring (bicyclic) bond motifs is 1. The number of ether oxygens (including phenoxy) is 3. The van der Waals surface area contributed by atoms with E-state index in [2.05, 4.69) is 25.7 Å². The molecule has 3 aromatic carbocycles. The number of hydrogen-bond donors (Lipinski definition) is 1. The Balaban J connectivity index is 1.38. The van der Waals surface area contributed by atoms with Crippen molar-refractivity contribution in [1.29, 1.82) is 0 Å². The van der Waals surface area contributed by atoms with Crippen molar-refractivity contribution in [2.75, 3.05) is 27.1 Å². The molecule has 0 bridgehead atoms. The summed E-state index contributed by atoms with van der Waals surface area (Å²) in [6, 6.07) is 22.9. The minimum Gasteiger partial charge on any atom is -0.493 e. The number of methoxy groups -OCH3 is 3. The number of rotatable bonds is 10. The number of hydrazone groups is 1. The summed E-state index contributed by atoms with van der Waals surface area (Å²) in [5, 5.41) is 14.5. The summed E-state index contributed by atoms with van der Waals surface area (Å²) in [5.74, 6) is 1.80. The van der Waals surface area contributed by atoms with Crippen molar-refractivity contribution in [1.82, 2.24) is 25.2 Å². The Morgan fingerprint density at radius 1 is 0.950 bits per heavy atom. The number of benzene rings is 3. The fraction of sp³-hybridized carbons (Fsp3) is 0.138. The van der Waals surface area contributed by atoms with Gasteiger partial charge in [0, 0.05) is 28.4 Å². The minimum absolute atomic E-state index is 0.0748. The van der Waals surface area contributed by atoms with Crippen LogP contribution in [-0.2, 0) is 4.79 Å². The number of para-hydroxylation sites is 2. The van der Waals surface area contributed by atoms with E-state index in [4.69, 9.17) is 14.2 Å². The number of carbonyl (C=O) groups excluding carboxylic acids is 1. The molecule has 0 unspecified atom stereocenters. The van der Waals surface area contributed by atoms with Crippen LogP contribution in [0.2, 0.25) is 0 Å². The highest BCUT2D eigenvalue weighted by molar-refractivity contribution is 7.99. The Morgan fingerprint density at radius 3 is 2.42 bits per heavy atom. The molecule has 5 aromatic rings. The zero-order valence-electron chi connectivity index (χ0n) is 22.1. The number of pyridine rings is 1. The van der Waals surface area contributed by atoms with E-state index < -0.39 is 0 Å². The molecule has 10 nitrogen and oxygen atoms in total. The monoisotopic (exact) mass is 554 g/mol. The molecule has 2 heterocycles. The summed E-state index contributed by atoms with van der Waals surface area (Å²) in [7, 11) is 4.67. The van der Waals surface area contributed by atoms with Crippen molar-refractivity contribution in [3.8, 4) is 34.3 Å². The van der Waals surface area contributed by atoms with Crippen LogP contribution >= 0.6 is 11.8 Å². The van der Waals surface area contributed by atoms with Crippen LogP contribution in [0.25, 0.3) is 28.0 Å². The molecule has 0 saturated heterocycles. The first-order chi connectivity index (χ1) is 19.6. The molecule has 0 atom stereocenters. The fourth-order valence-electron chi connectivity index (χ4n) is 4.14. The van der Waals surface area contributed by atoms with Gasteiger partial charge in [0.1, 0.15) is 0 Å². The highest BCUT2D eigenvalue weighted by atomic mass is 32.2. The molecule has 202 valence electrons. The molecule has 1 N–H and O–H groups in total. The van der Waals surface area contributed by atoms with Crippen molar-refractivity contribution in [2.45, 2.75) is 5.16 Å². The molecule has 0 aliphatic carbocycles. The van der Waals surface area contributed by atoms with Crippen molar-refractivity contribution < 1.29 is 19.0 Å². The molecule has 0 aliphatic rings. The first kappa shape index (κ1) is 26.7. The van der Waals surface area contributed by atoms with Crippen molar-refractivity contribution in [3.05, 3.63) is 84.6 Å². The van der Waals surface area contributed by atoms with Gasteiger partial charge in [-0.2, -0.15) is 5.10 Å². The first-order valence-corrected chi connectivity index (χ1v) is 13.2. The number of nitrogens with zero attached hydrogens (tertiary/aromatic N) is 5. The third kappa shape index (κ3) is 5.59. The zero-order chi connectivity index (χ0) is 27.9. The third-order valence-electron chi connectivity index (χ3n) is 5.96. The van der Waals surface area contributed by atoms with Crippen LogP contribution in [0.3, 0.4) is 0 Å². The third-order valence-corrected chi connectivity index (χ3v) is 6.89. The van der Waals surface area contributed by atoms with E-state index in [9.17, 15) is 4.79 Å². The predicted octanol–water partition coefficient (Wildman–Crippen LogP) is 4.75. The Hall–Kier alpha value is -4.90. The van der Waals surface area contributed by atoms with Gasteiger partial charge in [0.2, 0.25) is 5.75 Å². The molecule has 1 amide bonds. The highest BCUT2D eigenvalue weighted by Gasteiger charge is 2.21. The normalized spacial score (nSPS) is 11.1. The lowest BCUT2D eigenvalue weighted by Gasteiger charge is -2.15. The van der Waals surface area contributed by atoms with Crippen LogP contribution < -0.4 is 19.6 Å². The fourth-order valence-corrected chi connectivity index (χ4v) is 4.88. The molecule has 40 heavy (non-hydrogen) atoms. The molecular formula is C29H26N6O4S. The Bertz CT molecular complexity index is 1640. The lowest BCUT2D eigenvalue weighted by molar-refractivity contribution is -0.118. The molecular weight excluding hydrogens is 528 g/mol. The van der Waals surface area contributed by atoms with Crippen molar-refractivity contribution >= 4 is 34.8 Å². The van der Waals surface area contributed by atoms with Gasteiger partial charge in [-0.3, -0.25) is 14.3 Å². The number of nitrogens with one attached hydrogen (secondary N) is 1. The number of thioether (sulfide) groups is 1. The maximum absolute atomic E-state index is 12.7. The first-order valence-electron chi connectivity index (χ1n) is 12.2. The molecule has 0 aliphatic heterocycles. The SMILES string of the molecule is COc1cc(-c2nnc(SCC(=O)N/N=C\c3cccc4cccnc34)n2-c2ccccc2)cc(OC)c1OC. The van der Waals surface area contributed by atoms with Gasteiger partial charge in [-0.15, -0.1) is 10.2 Å². The van der Waals surface area contributed by atoms with Gasteiger partial charge in [0.25, 0.3) is 5.91 Å². The summed E-state index contributed by atoms with van der Waals surface area (Å²) in [6.07, 6.45) is 3.32. The lowest BCUT2D eigenvalue weighted by Crippen LogP contribution is -2.20. The topological polar surface area (TPSA) is 113 Å². The number of hydrogen-bond acceptors (Lipinski definition) is 9. The van der Waals surface area contributed by atoms with Gasteiger partial charge >= 0.3 is 0 Å². The lowest BCUT2D eigenvalue weighted by atomic mass is 10.1. The number of aromatic nitrogens is 4. The van der Waals surface area contributed by atoms with Gasteiger partial charge in [-0.25, -0.2) is 5.43 Å². The van der Waals surface area contributed by atoms with Crippen LogP contribution in [0.4, 0.5) is 0 Å². The second-order valence-electron chi connectivity index (χ2n) is 8.40. The quantitative estimate of drug-likeness (QED) is 0.150. The molecule has 0 radical (unpaired) electrons. The molecule has 11 heteroatoms. The molecule has 0 saturated carbocycles. The predicted molar refractivity (Wildman–Crippen MR) is 155 cm³/mol. The van der Waals surface area contributed by atoms with E-state index in [0.29, 0.717) is 33.8 Å². The molecule has 5 rings (SSSR count). The van der Waals surface area contributed by atoms with Crippen LogP contribution in [0.5, 0.6) is 17.2 Å². The summed E-state index contributed by atoms with van der Waals surface area (Å²) in [4.78, 5) is 17.1. The smallest absolute Gasteiger partial charge is 0.250 e. The van der Waals surface area contributed by atoms with E-state index in [0.717, 1.165) is 22.2 Å². The maximum Gasteiger partial charge on any atom is 0.250 e. The second-order valence-corrected chi connectivity index (χ2v) is 9.34. The highest BCUT2D eigenvalue weighted by Crippen LogP contribution is 2.41. The average Bonchev–Trinajstić information content (AvgIpc) is 3.43. The molecule has 0 spiro atoms. The van der Waals surface area contributed by atoms with Gasteiger partial charge in [-0.1, -0.05) is 54.2 Å². The van der Waals surface area contributed by atoms with Gasteiger partial charge < -0.3 is 14.2 Å². The van der Waals surface area contributed by atoms with E-state index in [1.807, 2.05) is 77.4 Å². The average molecular weight is 555 g/mol. The van der Waals surface area contributed by atoms with Gasteiger partial charge in [-0.05, 0) is 30.3 Å². The zero-order valence-corrected chi connectivity index (χ0v) is 22.9. The van der Waals surface area contributed by atoms with E-state index in [1.165, 1.54) is 11.8 Å². The second kappa shape index (κ2) is 12.3.